The molecule has 180 valence electrons. The summed E-state index contributed by atoms with van der Waals surface area (Å²) < 4.78 is 6.69. The number of ether oxygens (including phenoxy) is 1. The minimum absolute atomic E-state index is 0.0498. The van der Waals surface area contributed by atoms with Crippen molar-refractivity contribution in [3.63, 3.8) is 0 Å². The Morgan fingerprint density at radius 3 is 2.62 bits per heavy atom. The molecule has 4 rings (SSSR count). The molecular formula is C25H30N4O4S. The number of carbonyl (C=O) groups excluding carboxylic acids is 2. The number of nitrogens with zero attached hydrogens (tertiary/aromatic N) is 3. The molecule has 0 radical (unpaired) electrons. The normalized spacial score (nSPS) is 18.2. The SMILES string of the molecule is COc1ccccc1CNC(=O)c1sc2ncn(CC(=O)N3C[C@H](C)C[C@H](C)C3)c(=O)c2c1C. The predicted molar refractivity (Wildman–Crippen MR) is 132 cm³/mol. The van der Waals surface area contributed by atoms with Crippen LogP contribution in [0.5, 0.6) is 5.75 Å². The second-order valence-corrected chi connectivity index (χ2v) is 10.2. The molecule has 1 fully saturated rings. The third-order valence-electron chi connectivity index (χ3n) is 6.28. The van der Waals surface area contributed by atoms with Crippen LogP contribution in [0.3, 0.4) is 0 Å². The van der Waals surface area contributed by atoms with Crippen molar-refractivity contribution >= 4 is 33.4 Å². The maximum absolute atomic E-state index is 13.2. The molecule has 3 heterocycles. The fraction of sp³-hybridized carbons (Fsp3) is 0.440. The Morgan fingerprint density at radius 1 is 1.21 bits per heavy atom. The summed E-state index contributed by atoms with van der Waals surface area (Å²) in [5.41, 5.74) is 1.14. The standard InChI is InChI=1S/C25H30N4O4S/c1-15-9-16(2)12-28(11-15)20(30)13-29-14-27-24-21(25(29)32)17(3)22(34-24)23(31)26-10-18-7-5-6-8-19(18)33-4/h5-8,14-16H,9-13H2,1-4H3,(H,26,31)/t15-,16+. The third kappa shape index (κ3) is 4.84. The van der Waals surface area contributed by atoms with E-state index in [4.69, 9.17) is 4.74 Å². The van der Waals surface area contributed by atoms with Gasteiger partial charge in [0.2, 0.25) is 5.91 Å². The predicted octanol–water partition coefficient (Wildman–Crippen LogP) is 3.21. The molecule has 3 aromatic rings. The number of piperidine rings is 1. The minimum Gasteiger partial charge on any atom is -0.496 e. The maximum atomic E-state index is 13.2. The molecule has 9 heteroatoms. The van der Waals surface area contributed by atoms with Gasteiger partial charge in [0.1, 0.15) is 17.1 Å². The van der Waals surface area contributed by atoms with E-state index in [0.29, 0.717) is 57.9 Å². The van der Waals surface area contributed by atoms with Crippen LogP contribution in [-0.4, -0.2) is 46.5 Å². The molecule has 2 amide bonds. The van der Waals surface area contributed by atoms with Gasteiger partial charge in [-0.3, -0.25) is 19.0 Å². The molecule has 1 saturated heterocycles. The second-order valence-electron chi connectivity index (χ2n) is 9.15. The molecule has 1 N–H and O–H groups in total. The van der Waals surface area contributed by atoms with E-state index in [1.807, 2.05) is 29.2 Å². The Labute approximate surface area is 202 Å². The lowest BCUT2D eigenvalue weighted by Gasteiger charge is -2.35. The molecule has 2 atom stereocenters. The molecule has 1 aliphatic rings. The Balaban J connectivity index is 1.53. The summed E-state index contributed by atoms with van der Waals surface area (Å²) >= 11 is 1.18. The summed E-state index contributed by atoms with van der Waals surface area (Å²) in [6.07, 6.45) is 2.51. The van der Waals surface area contributed by atoms with Gasteiger partial charge in [0.05, 0.1) is 23.7 Å². The van der Waals surface area contributed by atoms with Crippen LogP contribution in [0, 0.1) is 18.8 Å². The van der Waals surface area contributed by atoms with Crippen molar-refractivity contribution in [2.45, 2.75) is 40.3 Å². The van der Waals surface area contributed by atoms with Crippen LogP contribution in [0.1, 0.15) is 41.1 Å². The van der Waals surface area contributed by atoms with Gasteiger partial charge in [0, 0.05) is 25.2 Å². The van der Waals surface area contributed by atoms with Gasteiger partial charge in [-0.05, 0) is 36.8 Å². The van der Waals surface area contributed by atoms with E-state index in [1.165, 1.54) is 22.2 Å². The van der Waals surface area contributed by atoms with Crippen LogP contribution in [0.25, 0.3) is 10.2 Å². The fourth-order valence-corrected chi connectivity index (χ4v) is 5.76. The smallest absolute Gasteiger partial charge is 0.262 e. The van der Waals surface area contributed by atoms with E-state index in [-0.39, 0.29) is 23.9 Å². The van der Waals surface area contributed by atoms with Crippen molar-refractivity contribution < 1.29 is 14.3 Å². The Hall–Kier alpha value is -3.20. The van der Waals surface area contributed by atoms with E-state index >= 15 is 0 Å². The van der Waals surface area contributed by atoms with Gasteiger partial charge in [-0.2, -0.15) is 0 Å². The molecular weight excluding hydrogens is 452 g/mol. The lowest BCUT2D eigenvalue weighted by molar-refractivity contribution is -0.134. The Bertz CT molecular complexity index is 1270. The van der Waals surface area contributed by atoms with Crippen LogP contribution in [0.4, 0.5) is 0 Å². The number of aromatic nitrogens is 2. The van der Waals surface area contributed by atoms with Gasteiger partial charge >= 0.3 is 0 Å². The number of benzene rings is 1. The van der Waals surface area contributed by atoms with E-state index in [2.05, 4.69) is 24.1 Å². The molecule has 0 aliphatic carbocycles. The lowest BCUT2D eigenvalue weighted by Crippen LogP contribution is -2.44. The van der Waals surface area contributed by atoms with E-state index < -0.39 is 0 Å². The zero-order chi connectivity index (χ0) is 24.4. The number of aryl methyl sites for hydroxylation is 1. The lowest BCUT2D eigenvalue weighted by atomic mass is 9.92. The number of fused-ring (bicyclic) bond motifs is 1. The monoisotopic (exact) mass is 482 g/mol. The van der Waals surface area contributed by atoms with E-state index in [0.717, 1.165) is 12.0 Å². The molecule has 0 unspecified atom stereocenters. The first-order valence-electron chi connectivity index (χ1n) is 11.4. The van der Waals surface area contributed by atoms with Crippen LogP contribution >= 0.6 is 11.3 Å². The first-order chi connectivity index (χ1) is 16.3. The van der Waals surface area contributed by atoms with Gasteiger partial charge in [-0.15, -0.1) is 11.3 Å². The van der Waals surface area contributed by atoms with Crippen molar-refractivity contribution in [1.82, 2.24) is 19.8 Å². The highest BCUT2D eigenvalue weighted by molar-refractivity contribution is 7.20. The zero-order valence-electron chi connectivity index (χ0n) is 20.0. The van der Waals surface area contributed by atoms with Crippen LogP contribution < -0.4 is 15.6 Å². The average Bonchev–Trinajstić information content (AvgIpc) is 3.15. The quantitative estimate of drug-likeness (QED) is 0.582. The number of hydrogen-bond donors (Lipinski definition) is 1. The second kappa shape index (κ2) is 9.97. The topological polar surface area (TPSA) is 93.5 Å². The third-order valence-corrected chi connectivity index (χ3v) is 7.48. The number of nitrogens with one attached hydrogen (secondary N) is 1. The van der Waals surface area contributed by atoms with Crippen molar-refractivity contribution in [3.8, 4) is 5.75 Å². The molecule has 1 aromatic carbocycles. The summed E-state index contributed by atoms with van der Waals surface area (Å²) in [5.74, 6) is 1.23. The molecule has 0 saturated carbocycles. The Kier molecular flexibility index (Phi) is 7.02. The molecule has 0 spiro atoms. The van der Waals surface area contributed by atoms with Gasteiger partial charge in [0.15, 0.2) is 0 Å². The fourth-order valence-electron chi connectivity index (χ4n) is 4.71. The number of rotatable bonds is 6. The summed E-state index contributed by atoms with van der Waals surface area (Å²) in [7, 11) is 1.59. The maximum Gasteiger partial charge on any atom is 0.262 e. The molecule has 2 aromatic heterocycles. The number of likely N-dealkylation sites (tertiary alicyclic amines) is 1. The largest absolute Gasteiger partial charge is 0.496 e. The van der Waals surface area contributed by atoms with Gasteiger partial charge in [-0.1, -0.05) is 32.0 Å². The summed E-state index contributed by atoms with van der Waals surface area (Å²) in [6, 6.07) is 7.48. The van der Waals surface area contributed by atoms with Crippen LogP contribution in [-0.2, 0) is 17.9 Å². The molecule has 0 bridgehead atoms. The van der Waals surface area contributed by atoms with Crippen LogP contribution in [0.15, 0.2) is 35.4 Å². The summed E-state index contributed by atoms with van der Waals surface area (Å²) in [5, 5.41) is 3.30. The van der Waals surface area contributed by atoms with Gasteiger partial charge in [-0.25, -0.2) is 4.98 Å². The first kappa shape index (κ1) is 23.9. The van der Waals surface area contributed by atoms with Crippen molar-refractivity contribution in [2.24, 2.45) is 11.8 Å². The Morgan fingerprint density at radius 2 is 1.91 bits per heavy atom. The molecule has 1 aliphatic heterocycles. The number of hydrogen-bond acceptors (Lipinski definition) is 6. The van der Waals surface area contributed by atoms with Gasteiger partial charge < -0.3 is 15.0 Å². The van der Waals surface area contributed by atoms with E-state index in [9.17, 15) is 14.4 Å². The number of thiophene rings is 1. The highest BCUT2D eigenvalue weighted by atomic mass is 32.1. The first-order valence-corrected chi connectivity index (χ1v) is 12.3. The highest BCUT2D eigenvalue weighted by Crippen LogP contribution is 2.27. The van der Waals surface area contributed by atoms with Crippen LogP contribution in [0.2, 0.25) is 0 Å². The average molecular weight is 483 g/mol. The zero-order valence-corrected chi connectivity index (χ0v) is 20.8. The van der Waals surface area contributed by atoms with Crippen molar-refractivity contribution in [1.29, 1.82) is 0 Å². The molecule has 34 heavy (non-hydrogen) atoms. The minimum atomic E-state index is -0.297. The molecule has 8 nitrogen and oxygen atoms in total. The van der Waals surface area contributed by atoms with Gasteiger partial charge in [0.25, 0.3) is 11.5 Å². The highest BCUT2D eigenvalue weighted by Gasteiger charge is 2.26. The number of methoxy groups -OCH3 is 1. The van der Waals surface area contributed by atoms with Crippen molar-refractivity contribution in [3.05, 3.63) is 57.0 Å². The number of para-hydroxylation sites is 1. The number of amides is 2. The van der Waals surface area contributed by atoms with Crippen molar-refractivity contribution in [2.75, 3.05) is 20.2 Å². The summed E-state index contributed by atoms with van der Waals surface area (Å²) in [6.45, 7) is 7.71. The summed E-state index contributed by atoms with van der Waals surface area (Å²) in [4.78, 5) is 46.2. The van der Waals surface area contributed by atoms with E-state index in [1.54, 1.807) is 14.0 Å². The number of carbonyl (C=O) groups is 2.